The molecule has 0 bridgehead atoms. The van der Waals surface area contributed by atoms with Crippen molar-refractivity contribution < 1.29 is 14.1 Å². The zero-order valence-electron chi connectivity index (χ0n) is 21.5. The number of rotatable bonds is 7. The van der Waals surface area contributed by atoms with Crippen LogP contribution in [0.4, 0.5) is 10.6 Å². The monoisotopic (exact) mass is 500 g/mol. The van der Waals surface area contributed by atoms with E-state index in [1.54, 1.807) is 23.2 Å². The van der Waals surface area contributed by atoms with Gasteiger partial charge in [0.25, 0.3) is 0 Å². The second-order valence-electron chi connectivity index (χ2n) is 10.6. The minimum atomic E-state index is -0.291. The van der Waals surface area contributed by atoms with Crippen LogP contribution in [0.1, 0.15) is 63.0 Å². The van der Waals surface area contributed by atoms with Crippen molar-refractivity contribution >= 4 is 22.8 Å². The van der Waals surface area contributed by atoms with Gasteiger partial charge in [-0.05, 0) is 69.3 Å². The Kier molecular flexibility index (Phi) is 6.16. The molecule has 1 amide bonds. The van der Waals surface area contributed by atoms with Gasteiger partial charge in [0.05, 0.1) is 11.2 Å². The summed E-state index contributed by atoms with van der Waals surface area (Å²) in [6.07, 6.45) is 7.58. The zero-order valence-corrected chi connectivity index (χ0v) is 21.5. The number of amides is 1. The number of hydrogen-bond acceptors (Lipinski definition) is 7. The lowest BCUT2D eigenvalue weighted by molar-refractivity contribution is 0.169. The van der Waals surface area contributed by atoms with Crippen LogP contribution in [0, 0.1) is 5.92 Å². The molecule has 9 nitrogen and oxygen atoms in total. The first-order valence-corrected chi connectivity index (χ1v) is 13.1. The summed E-state index contributed by atoms with van der Waals surface area (Å²) in [7, 11) is 0. The Balaban J connectivity index is 1.17. The van der Waals surface area contributed by atoms with E-state index in [2.05, 4.69) is 46.1 Å². The minimum absolute atomic E-state index is 0.291. The number of aromatic nitrogens is 4. The van der Waals surface area contributed by atoms with E-state index in [0.29, 0.717) is 35.3 Å². The van der Waals surface area contributed by atoms with Crippen LogP contribution in [0.2, 0.25) is 0 Å². The Morgan fingerprint density at radius 3 is 2.89 bits per heavy atom. The molecular formula is C28H32N6O3. The SMILES string of the molecule is CC(C)CCN1Cc2ncnc(Oc3ccc4c(ccn4C(=O)Nc4cc(C5CC5)on4)c3)c2C[C@@H]1C. The van der Waals surface area contributed by atoms with E-state index in [4.69, 9.17) is 9.26 Å². The van der Waals surface area contributed by atoms with Crippen LogP contribution in [0.15, 0.2) is 47.4 Å². The van der Waals surface area contributed by atoms with Crippen molar-refractivity contribution in [3.63, 3.8) is 0 Å². The number of ether oxygens (including phenoxy) is 1. The van der Waals surface area contributed by atoms with Gasteiger partial charge in [0.15, 0.2) is 5.82 Å². The van der Waals surface area contributed by atoms with Gasteiger partial charge < -0.3 is 9.26 Å². The number of carbonyl (C=O) groups is 1. The molecule has 1 fully saturated rings. The molecule has 0 saturated heterocycles. The third-order valence-corrected chi connectivity index (χ3v) is 7.30. The van der Waals surface area contributed by atoms with Crippen LogP contribution in [0.3, 0.4) is 0 Å². The van der Waals surface area contributed by atoms with Gasteiger partial charge in [-0.15, -0.1) is 0 Å². The number of carbonyl (C=O) groups excluding carboxylic acids is 1. The lowest BCUT2D eigenvalue weighted by atomic mass is 9.98. The minimum Gasteiger partial charge on any atom is -0.439 e. The van der Waals surface area contributed by atoms with E-state index in [1.807, 2.05) is 24.3 Å². The second-order valence-corrected chi connectivity index (χ2v) is 10.6. The first kappa shape index (κ1) is 23.7. The highest BCUT2D eigenvalue weighted by Crippen LogP contribution is 2.40. The maximum absolute atomic E-state index is 12.9. The standard InChI is InChI=1S/C28H32N6O3/c1-17(2)8-10-33-15-23-22(12-18(33)3)27(30-16-29-23)36-21-6-7-24-20(13-21)9-11-34(24)28(35)31-26-14-25(37-32-26)19-4-5-19/h6-7,9,11,13-14,16-19H,4-5,8,10,12,15H2,1-3H3,(H,31,32,35)/t18-/m0/s1. The van der Waals surface area contributed by atoms with Crippen molar-refractivity contribution in [1.82, 2.24) is 24.6 Å². The second kappa shape index (κ2) is 9.63. The molecule has 0 unspecified atom stereocenters. The normalized spacial score (nSPS) is 17.8. The van der Waals surface area contributed by atoms with Crippen LogP contribution in [-0.4, -0.2) is 43.2 Å². The molecule has 1 N–H and O–H groups in total. The molecule has 3 aromatic heterocycles. The summed E-state index contributed by atoms with van der Waals surface area (Å²) in [5, 5.41) is 7.69. The van der Waals surface area contributed by atoms with Crippen LogP contribution >= 0.6 is 0 Å². The van der Waals surface area contributed by atoms with Crippen LogP contribution in [-0.2, 0) is 13.0 Å². The number of fused-ring (bicyclic) bond motifs is 2. The summed E-state index contributed by atoms with van der Waals surface area (Å²) < 4.78 is 13.2. The number of hydrogen-bond donors (Lipinski definition) is 1. The molecule has 4 heterocycles. The molecule has 1 atom stereocenters. The van der Waals surface area contributed by atoms with E-state index in [-0.39, 0.29) is 6.03 Å². The average Bonchev–Trinajstić information content (AvgIpc) is 3.47. The molecule has 37 heavy (non-hydrogen) atoms. The van der Waals surface area contributed by atoms with Crippen LogP contribution < -0.4 is 10.1 Å². The van der Waals surface area contributed by atoms with Crippen LogP contribution in [0.5, 0.6) is 11.6 Å². The predicted octanol–water partition coefficient (Wildman–Crippen LogP) is 5.96. The highest BCUT2D eigenvalue weighted by molar-refractivity contribution is 5.98. The fraction of sp³-hybridized carbons (Fsp3) is 0.429. The molecule has 6 rings (SSSR count). The third-order valence-electron chi connectivity index (χ3n) is 7.30. The van der Waals surface area contributed by atoms with E-state index in [9.17, 15) is 4.79 Å². The van der Waals surface area contributed by atoms with Gasteiger partial charge in [0.1, 0.15) is 17.8 Å². The van der Waals surface area contributed by atoms with Crippen LogP contribution in [0.25, 0.3) is 10.9 Å². The fourth-order valence-electron chi connectivity index (χ4n) is 4.91. The molecule has 9 heteroatoms. The van der Waals surface area contributed by atoms with Crippen molar-refractivity contribution in [1.29, 1.82) is 0 Å². The lowest BCUT2D eigenvalue weighted by Gasteiger charge is -2.34. The van der Waals surface area contributed by atoms with Gasteiger partial charge >= 0.3 is 6.03 Å². The van der Waals surface area contributed by atoms with E-state index in [1.165, 1.54) is 6.42 Å². The smallest absolute Gasteiger partial charge is 0.331 e. The van der Waals surface area contributed by atoms with E-state index >= 15 is 0 Å². The molecule has 0 spiro atoms. The van der Waals surface area contributed by atoms with Crippen molar-refractivity contribution in [3.8, 4) is 11.6 Å². The molecule has 0 radical (unpaired) electrons. The van der Waals surface area contributed by atoms with E-state index < -0.39 is 0 Å². The molecule has 192 valence electrons. The summed E-state index contributed by atoms with van der Waals surface area (Å²) in [4.78, 5) is 24.4. The number of nitrogens with zero attached hydrogens (tertiary/aromatic N) is 5. The first-order valence-electron chi connectivity index (χ1n) is 13.1. The molecule has 2 aliphatic rings. The Morgan fingerprint density at radius 2 is 2.08 bits per heavy atom. The topological polar surface area (TPSA) is 98.3 Å². The third kappa shape index (κ3) is 4.96. The number of anilines is 1. The van der Waals surface area contributed by atoms with Gasteiger partial charge in [0.2, 0.25) is 5.88 Å². The lowest BCUT2D eigenvalue weighted by Crippen LogP contribution is -2.40. The molecule has 1 aliphatic carbocycles. The Hall–Kier alpha value is -3.72. The number of nitrogens with one attached hydrogen (secondary N) is 1. The zero-order chi connectivity index (χ0) is 25.5. The largest absolute Gasteiger partial charge is 0.439 e. The summed E-state index contributed by atoms with van der Waals surface area (Å²) in [5.74, 6) is 3.66. The number of benzene rings is 1. The summed E-state index contributed by atoms with van der Waals surface area (Å²) in [6, 6.07) is 9.48. The summed E-state index contributed by atoms with van der Waals surface area (Å²) in [6.45, 7) is 8.65. The fourth-order valence-corrected chi connectivity index (χ4v) is 4.91. The highest BCUT2D eigenvalue weighted by Gasteiger charge is 2.29. The van der Waals surface area contributed by atoms with Crippen molar-refractivity contribution in [2.75, 3.05) is 11.9 Å². The first-order chi connectivity index (χ1) is 17.9. The Morgan fingerprint density at radius 1 is 1.22 bits per heavy atom. The molecule has 4 aromatic rings. The Labute approximate surface area is 215 Å². The van der Waals surface area contributed by atoms with Gasteiger partial charge in [-0.25, -0.2) is 14.8 Å². The highest BCUT2D eigenvalue weighted by atomic mass is 16.5. The van der Waals surface area contributed by atoms with Crippen molar-refractivity contribution in [3.05, 3.63) is 59.9 Å². The van der Waals surface area contributed by atoms with Gasteiger partial charge in [0, 0.05) is 41.7 Å². The molecule has 1 aromatic carbocycles. The Bertz CT molecular complexity index is 1440. The van der Waals surface area contributed by atoms with E-state index in [0.717, 1.165) is 60.3 Å². The summed E-state index contributed by atoms with van der Waals surface area (Å²) in [5.41, 5.74) is 2.88. The summed E-state index contributed by atoms with van der Waals surface area (Å²) >= 11 is 0. The maximum Gasteiger partial charge on any atom is 0.331 e. The average molecular weight is 501 g/mol. The molecular weight excluding hydrogens is 468 g/mol. The van der Waals surface area contributed by atoms with Crippen molar-refractivity contribution in [2.24, 2.45) is 5.92 Å². The quantitative estimate of drug-likeness (QED) is 0.334. The maximum atomic E-state index is 12.9. The molecule has 1 aliphatic heterocycles. The molecule has 1 saturated carbocycles. The van der Waals surface area contributed by atoms with Gasteiger partial charge in [-0.3, -0.25) is 14.8 Å². The van der Waals surface area contributed by atoms with Gasteiger partial charge in [-0.2, -0.15) is 0 Å². The van der Waals surface area contributed by atoms with Gasteiger partial charge in [-0.1, -0.05) is 19.0 Å². The van der Waals surface area contributed by atoms with Crippen molar-refractivity contribution in [2.45, 2.75) is 65.0 Å². The predicted molar refractivity (Wildman–Crippen MR) is 140 cm³/mol.